The van der Waals surface area contributed by atoms with Gasteiger partial charge in [0.2, 0.25) is 5.91 Å². The van der Waals surface area contributed by atoms with Crippen LogP contribution < -0.4 is 10.6 Å². The third-order valence-electron chi connectivity index (χ3n) is 4.47. The topological polar surface area (TPSA) is 75.3 Å². The molecule has 1 fully saturated rings. The summed E-state index contributed by atoms with van der Waals surface area (Å²) in [6.07, 6.45) is 3.66. The molecule has 0 saturated heterocycles. The van der Waals surface area contributed by atoms with E-state index in [2.05, 4.69) is 10.6 Å². The predicted molar refractivity (Wildman–Crippen MR) is 109 cm³/mol. The van der Waals surface area contributed by atoms with Crippen molar-refractivity contribution in [3.05, 3.63) is 65.7 Å². The molecule has 0 aliphatic heterocycles. The highest BCUT2D eigenvalue weighted by atomic mass is 35.5. The lowest BCUT2D eigenvalue weighted by Crippen LogP contribution is -2.37. The molecule has 1 saturated carbocycles. The Morgan fingerprint density at radius 3 is 2.37 bits per heavy atom. The first kappa shape index (κ1) is 21.4. The Labute approximate surface area is 166 Å². The van der Waals surface area contributed by atoms with Gasteiger partial charge in [0.1, 0.15) is 0 Å². The van der Waals surface area contributed by atoms with Crippen LogP contribution in [0.4, 0.5) is 0 Å². The van der Waals surface area contributed by atoms with Gasteiger partial charge >= 0.3 is 0 Å². The van der Waals surface area contributed by atoms with Crippen LogP contribution in [-0.2, 0) is 14.6 Å². The zero-order valence-corrected chi connectivity index (χ0v) is 16.9. The van der Waals surface area contributed by atoms with E-state index in [1.807, 2.05) is 36.4 Å². The van der Waals surface area contributed by atoms with Crippen LogP contribution in [0.2, 0.25) is 0 Å². The number of sulfone groups is 1. The van der Waals surface area contributed by atoms with Crippen LogP contribution in [-0.4, -0.2) is 33.7 Å². The predicted octanol–water partition coefficient (Wildman–Crippen LogP) is 2.72. The second-order valence-corrected chi connectivity index (χ2v) is 8.85. The van der Waals surface area contributed by atoms with Gasteiger partial charge in [-0.05, 0) is 48.6 Å². The molecule has 1 atom stereocenters. The van der Waals surface area contributed by atoms with E-state index in [1.54, 1.807) is 18.2 Å². The van der Waals surface area contributed by atoms with Crippen molar-refractivity contribution in [1.29, 1.82) is 0 Å². The minimum absolute atomic E-state index is 0. The lowest BCUT2D eigenvalue weighted by molar-refractivity contribution is -0.120. The molecule has 2 aromatic carbocycles. The number of nitrogens with one attached hydrogen (secondary N) is 2. The van der Waals surface area contributed by atoms with Gasteiger partial charge in [0.25, 0.3) is 0 Å². The van der Waals surface area contributed by atoms with Crippen molar-refractivity contribution in [2.75, 3.05) is 19.3 Å². The number of rotatable bonds is 8. The van der Waals surface area contributed by atoms with Gasteiger partial charge in [0.05, 0.1) is 17.5 Å². The van der Waals surface area contributed by atoms with E-state index in [-0.39, 0.29) is 29.8 Å². The van der Waals surface area contributed by atoms with Crippen molar-refractivity contribution in [2.45, 2.75) is 23.8 Å². The number of benzene rings is 2. The monoisotopic (exact) mass is 408 g/mol. The van der Waals surface area contributed by atoms with E-state index >= 15 is 0 Å². The fraction of sp³-hybridized carbons (Fsp3) is 0.350. The lowest BCUT2D eigenvalue weighted by Gasteiger charge is -2.20. The highest BCUT2D eigenvalue weighted by Crippen LogP contribution is 2.27. The van der Waals surface area contributed by atoms with Gasteiger partial charge in [-0.3, -0.25) is 4.79 Å². The van der Waals surface area contributed by atoms with Crippen LogP contribution >= 0.6 is 12.4 Å². The van der Waals surface area contributed by atoms with Crippen LogP contribution in [0.1, 0.15) is 30.0 Å². The summed E-state index contributed by atoms with van der Waals surface area (Å²) < 4.78 is 23.8. The highest BCUT2D eigenvalue weighted by Gasteiger charge is 2.22. The Morgan fingerprint density at radius 1 is 1.07 bits per heavy atom. The van der Waals surface area contributed by atoms with Crippen molar-refractivity contribution in [2.24, 2.45) is 5.92 Å². The minimum Gasteiger partial charge on any atom is -0.344 e. The van der Waals surface area contributed by atoms with Crippen molar-refractivity contribution < 1.29 is 13.2 Å². The molecule has 2 aromatic rings. The Morgan fingerprint density at radius 2 is 1.74 bits per heavy atom. The largest absolute Gasteiger partial charge is 0.344 e. The Hall–Kier alpha value is -1.89. The summed E-state index contributed by atoms with van der Waals surface area (Å²) in [4.78, 5) is 12.6. The quantitative estimate of drug-likeness (QED) is 0.704. The minimum atomic E-state index is -3.31. The van der Waals surface area contributed by atoms with Crippen LogP contribution in [0.5, 0.6) is 0 Å². The first-order valence-electron chi connectivity index (χ1n) is 8.78. The number of hydrogen-bond donors (Lipinski definition) is 2. The van der Waals surface area contributed by atoms with Gasteiger partial charge in [0.15, 0.2) is 9.84 Å². The van der Waals surface area contributed by atoms with E-state index in [1.165, 1.54) is 19.1 Å². The summed E-state index contributed by atoms with van der Waals surface area (Å²) in [5.74, 6) is 0.600. The molecule has 7 heteroatoms. The number of carbonyl (C=O) groups is 1. The summed E-state index contributed by atoms with van der Waals surface area (Å²) in [5.41, 5.74) is 1.66. The molecular formula is C20H25ClN2O3S. The van der Waals surface area contributed by atoms with Gasteiger partial charge in [-0.2, -0.15) is 0 Å². The van der Waals surface area contributed by atoms with Crippen molar-refractivity contribution >= 4 is 28.2 Å². The summed E-state index contributed by atoms with van der Waals surface area (Å²) in [7, 11) is -3.31. The van der Waals surface area contributed by atoms with E-state index in [9.17, 15) is 13.2 Å². The molecule has 0 spiro atoms. The summed E-state index contributed by atoms with van der Waals surface area (Å²) in [6.45, 7) is 1.12. The molecule has 0 radical (unpaired) electrons. The SMILES string of the molecule is CS(=O)(=O)c1cccc(C(NC(=O)CNCC2CC2)c2ccccc2)c1.Cl. The first-order chi connectivity index (χ1) is 12.4. The average molecular weight is 409 g/mol. The first-order valence-corrected chi connectivity index (χ1v) is 10.7. The van der Waals surface area contributed by atoms with Crippen LogP contribution in [0, 0.1) is 5.92 Å². The second-order valence-electron chi connectivity index (χ2n) is 6.83. The lowest BCUT2D eigenvalue weighted by atomic mass is 9.98. The normalized spacial score (nSPS) is 14.9. The fourth-order valence-electron chi connectivity index (χ4n) is 2.85. The van der Waals surface area contributed by atoms with Gasteiger partial charge < -0.3 is 10.6 Å². The van der Waals surface area contributed by atoms with Gasteiger partial charge in [-0.25, -0.2) is 8.42 Å². The van der Waals surface area contributed by atoms with Crippen LogP contribution in [0.25, 0.3) is 0 Å². The van der Waals surface area contributed by atoms with Gasteiger partial charge in [-0.15, -0.1) is 12.4 Å². The molecular weight excluding hydrogens is 384 g/mol. The molecule has 1 unspecified atom stereocenters. The zero-order valence-electron chi connectivity index (χ0n) is 15.2. The van der Waals surface area contributed by atoms with E-state index in [0.29, 0.717) is 5.92 Å². The summed E-state index contributed by atoms with van der Waals surface area (Å²) in [5, 5.41) is 6.21. The summed E-state index contributed by atoms with van der Waals surface area (Å²) in [6, 6.07) is 15.9. The average Bonchev–Trinajstić information content (AvgIpc) is 3.44. The third kappa shape index (κ3) is 6.34. The maximum absolute atomic E-state index is 12.4. The molecule has 2 N–H and O–H groups in total. The molecule has 146 valence electrons. The molecule has 0 bridgehead atoms. The number of carbonyl (C=O) groups excluding carboxylic acids is 1. The highest BCUT2D eigenvalue weighted by molar-refractivity contribution is 7.90. The third-order valence-corrected chi connectivity index (χ3v) is 5.58. The number of halogens is 1. The Bertz CT molecular complexity index is 868. The molecule has 0 aromatic heterocycles. The molecule has 1 amide bonds. The van der Waals surface area contributed by atoms with Crippen molar-refractivity contribution in [3.8, 4) is 0 Å². The van der Waals surface area contributed by atoms with Gasteiger partial charge in [0, 0.05) is 6.26 Å². The van der Waals surface area contributed by atoms with Crippen molar-refractivity contribution in [1.82, 2.24) is 10.6 Å². The second kappa shape index (κ2) is 9.35. The fourth-order valence-corrected chi connectivity index (χ4v) is 3.53. The Kier molecular flexibility index (Phi) is 7.41. The number of hydrogen-bond acceptors (Lipinski definition) is 4. The zero-order chi connectivity index (χ0) is 18.6. The van der Waals surface area contributed by atoms with Crippen LogP contribution in [0.15, 0.2) is 59.5 Å². The van der Waals surface area contributed by atoms with Crippen molar-refractivity contribution in [3.63, 3.8) is 0 Å². The summed E-state index contributed by atoms with van der Waals surface area (Å²) >= 11 is 0. The van der Waals surface area contributed by atoms with Gasteiger partial charge in [-0.1, -0.05) is 42.5 Å². The smallest absolute Gasteiger partial charge is 0.234 e. The molecule has 27 heavy (non-hydrogen) atoms. The maximum atomic E-state index is 12.4. The molecule has 1 aliphatic rings. The maximum Gasteiger partial charge on any atom is 0.234 e. The van der Waals surface area contributed by atoms with E-state index in [4.69, 9.17) is 0 Å². The standard InChI is InChI=1S/C20H24N2O3S.ClH/c1-26(24,25)18-9-5-8-17(12-18)20(16-6-3-2-4-7-16)22-19(23)14-21-13-15-10-11-15;/h2-9,12,15,20-21H,10-11,13-14H2,1H3,(H,22,23);1H. The molecule has 3 rings (SSSR count). The van der Waals surface area contributed by atoms with Crippen LogP contribution in [0.3, 0.4) is 0 Å². The van der Waals surface area contributed by atoms with E-state index < -0.39 is 15.9 Å². The molecule has 1 aliphatic carbocycles. The van der Waals surface area contributed by atoms with E-state index in [0.717, 1.165) is 17.7 Å². The Balaban J connectivity index is 0.00000261. The number of amides is 1. The molecule has 5 nitrogen and oxygen atoms in total. The molecule has 0 heterocycles.